The van der Waals surface area contributed by atoms with E-state index in [0.29, 0.717) is 0 Å². The molecule has 0 aromatic carbocycles. The second kappa shape index (κ2) is 4.57. The van der Waals surface area contributed by atoms with Crippen molar-refractivity contribution >= 4 is 15.9 Å². The minimum Gasteiger partial charge on any atom is -0.237 e. The number of hydrogen-bond acceptors (Lipinski definition) is 2. The number of alkyl halides is 1. The number of halogens is 1. The Labute approximate surface area is 97.3 Å². The van der Waals surface area contributed by atoms with Gasteiger partial charge in [0.25, 0.3) is 0 Å². The molecule has 15 heavy (non-hydrogen) atoms. The molecular weight excluding hydrogens is 254 g/mol. The normalized spacial score (nSPS) is 10.5. The summed E-state index contributed by atoms with van der Waals surface area (Å²) < 4.78 is 1.83. The summed E-state index contributed by atoms with van der Waals surface area (Å²) in [5.74, 6) is 0.897. The molecule has 3 nitrogen and oxygen atoms in total. The van der Waals surface area contributed by atoms with E-state index < -0.39 is 0 Å². The zero-order valence-corrected chi connectivity index (χ0v) is 10.1. The van der Waals surface area contributed by atoms with E-state index in [1.807, 2.05) is 29.2 Å². The Balaban J connectivity index is 2.44. The molecule has 2 rings (SSSR count). The van der Waals surface area contributed by atoms with Crippen molar-refractivity contribution in [2.45, 2.75) is 18.7 Å². The second-order valence-corrected chi connectivity index (χ2v) is 3.83. The maximum atomic E-state index is 4.34. The lowest BCUT2D eigenvalue weighted by atomic mass is 10.3. The van der Waals surface area contributed by atoms with Gasteiger partial charge in [0.1, 0.15) is 0 Å². The molecule has 2 aromatic heterocycles. The van der Waals surface area contributed by atoms with Crippen molar-refractivity contribution in [1.29, 1.82) is 0 Å². The van der Waals surface area contributed by atoms with Crippen LogP contribution in [0.4, 0.5) is 0 Å². The van der Waals surface area contributed by atoms with Gasteiger partial charge in [-0.25, -0.2) is 9.67 Å². The summed E-state index contributed by atoms with van der Waals surface area (Å²) in [5, 5.41) is 5.09. The molecule has 78 valence electrons. The number of aryl methyl sites for hydroxylation is 1. The van der Waals surface area contributed by atoms with Gasteiger partial charge in [0.05, 0.1) is 6.20 Å². The van der Waals surface area contributed by atoms with Gasteiger partial charge in [-0.1, -0.05) is 28.9 Å². The van der Waals surface area contributed by atoms with Crippen molar-refractivity contribution in [3.05, 3.63) is 41.9 Å². The molecule has 0 radical (unpaired) electrons. The minimum atomic E-state index is 0.789. The van der Waals surface area contributed by atoms with Crippen LogP contribution in [0.2, 0.25) is 0 Å². The van der Waals surface area contributed by atoms with Crippen LogP contribution >= 0.6 is 15.9 Å². The molecule has 0 amide bonds. The number of rotatable bonds is 3. The predicted molar refractivity (Wildman–Crippen MR) is 63.4 cm³/mol. The summed E-state index contributed by atoms with van der Waals surface area (Å²) >= 11 is 3.45. The standard InChI is InChI=1S/C11H12BrN3/c1-2-9-7-14-15(8-9)11-10(6-12)4-3-5-13-11/h3-5,7-8H,2,6H2,1H3. The number of nitrogens with zero attached hydrogens (tertiary/aromatic N) is 3. The monoisotopic (exact) mass is 265 g/mol. The third kappa shape index (κ3) is 2.09. The summed E-state index contributed by atoms with van der Waals surface area (Å²) in [6.07, 6.45) is 6.69. The molecular formula is C11H12BrN3. The first kappa shape index (κ1) is 10.4. The van der Waals surface area contributed by atoms with E-state index in [1.165, 1.54) is 5.56 Å². The average Bonchev–Trinajstić information content (AvgIpc) is 2.77. The van der Waals surface area contributed by atoms with E-state index in [-0.39, 0.29) is 0 Å². The molecule has 0 atom stereocenters. The van der Waals surface area contributed by atoms with E-state index in [1.54, 1.807) is 6.20 Å². The fourth-order valence-corrected chi connectivity index (χ4v) is 1.84. The fraction of sp³-hybridized carbons (Fsp3) is 0.273. The zero-order chi connectivity index (χ0) is 10.7. The molecule has 0 aliphatic rings. The van der Waals surface area contributed by atoms with E-state index in [4.69, 9.17) is 0 Å². The number of aromatic nitrogens is 3. The highest BCUT2D eigenvalue weighted by molar-refractivity contribution is 9.08. The van der Waals surface area contributed by atoms with Gasteiger partial charge in [0, 0.05) is 23.3 Å². The van der Waals surface area contributed by atoms with Crippen LogP contribution in [0.25, 0.3) is 5.82 Å². The minimum absolute atomic E-state index is 0.789. The predicted octanol–water partition coefficient (Wildman–Crippen LogP) is 2.72. The average molecular weight is 266 g/mol. The summed E-state index contributed by atoms with van der Waals surface area (Å²) in [5.41, 5.74) is 2.37. The summed E-state index contributed by atoms with van der Waals surface area (Å²) in [6.45, 7) is 2.12. The maximum Gasteiger partial charge on any atom is 0.157 e. The molecule has 0 fully saturated rings. The van der Waals surface area contributed by atoms with Crippen LogP contribution in [0.3, 0.4) is 0 Å². The highest BCUT2D eigenvalue weighted by Crippen LogP contribution is 2.14. The molecule has 0 unspecified atom stereocenters. The van der Waals surface area contributed by atoms with Gasteiger partial charge >= 0.3 is 0 Å². The Morgan fingerprint density at radius 3 is 3.00 bits per heavy atom. The molecule has 0 aliphatic carbocycles. The second-order valence-electron chi connectivity index (χ2n) is 3.27. The van der Waals surface area contributed by atoms with E-state index in [2.05, 4.69) is 32.9 Å². The molecule has 0 saturated heterocycles. The van der Waals surface area contributed by atoms with Crippen LogP contribution in [0.15, 0.2) is 30.7 Å². The Bertz CT molecular complexity index is 451. The van der Waals surface area contributed by atoms with Crippen molar-refractivity contribution in [1.82, 2.24) is 14.8 Å². The first-order valence-corrected chi connectivity index (χ1v) is 6.01. The molecule has 0 spiro atoms. The van der Waals surface area contributed by atoms with E-state index in [0.717, 1.165) is 23.1 Å². The molecule has 0 saturated carbocycles. The molecule has 2 heterocycles. The highest BCUT2D eigenvalue weighted by Gasteiger charge is 2.05. The van der Waals surface area contributed by atoms with Crippen LogP contribution in [-0.4, -0.2) is 14.8 Å². The lowest BCUT2D eigenvalue weighted by Crippen LogP contribution is -2.01. The SMILES string of the molecule is CCc1cnn(-c2ncccc2CBr)c1. The van der Waals surface area contributed by atoms with Gasteiger partial charge in [-0.05, 0) is 18.1 Å². The Hall–Kier alpha value is -1.16. The summed E-state index contributed by atoms with van der Waals surface area (Å²) in [7, 11) is 0. The van der Waals surface area contributed by atoms with Crippen LogP contribution < -0.4 is 0 Å². The highest BCUT2D eigenvalue weighted by atomic mass is 79.9. The Morgan fingerprint density at radius 2 is 2.33 bits per heavy atom. The largest absolute Gasteiger partial charge is 0.237 e. The van der Waals surface area contributed by atoms with Crippen molar-refractivity contribution in [3.63, 3.8) is 0 Å². The Kier molecular flexibility index (Phi) is 3.16. The van der Waals surface area contributed by atoms with Crippen molar-refractivity contribution in [2.75, 3.05) is 0 Å². The van der Waals surface area contributed by atoms with Crippen molar-refractivity contribution in [2.24, 2.45) is 0 Å². The quantitative estimate of drug-likeness (QED) is 0.800. The van der Waals surface area contributed by atoms with Gasteiger partial charge in [-0.3, -0.25) is 0 Å². The lowest BCUT2D eigenvalue weighted by Gasteiger charge is -2.04. The molecule has 0 N–H and O–H groups in total. The van der Waals surface area contributed by atoms with E-state index in [9.17, 15) is 0 Å². The van der Waals surface area contributed by atoms with Crippen LogP contribution in [-0.2, 0) is 11.8 Å². The first-order valence-electron chi connectivity index (χ1n) is 4.89. The van der Waals surface area contributed by atoms with E-state index >= 15 is 0 Å². The topological polar surface area (TPSA) is 30.7 Å². The lowest BCUT2D eigenvalue weighted by molar-refractivity contribution is 0.836. The summed E-state index contributed by atoms with van der Waals surface area (Å²) in [4.78, 5) is 4.34. The van der Waals surface area contributed by atoms with Gasteiger partial charge in [-0.2, -0.15) is 5.10 Å². The first-order chi connectivity index (χ1) is 7.35. The Morgan fingerprint density at radius 1 is 1.47 bits per heavy atom. The smallest absolute Gasteiger partial charge is 0.157 e. The maximum absolute atomic E-state index is 4.34. The molecule has 0 aliphatic heterocycles. The summed E-state index contributed by atoms with van der Waals surface area (Å²) in [6, 6.07) is 3.98. The fourth-order valence-electron chi connectivity index (χ4n) is 1.40. The van der Waals surface area contributed by atoms with Gasteiger partial charge < -0.3 is 0 Å². The zero-order valence-electron chi connectivity index (χ0n) is 8.52. The number of pyridine rings is 1. The van der Waals surface area contributed by atoms with Crippen LogP contribution in [0.5, 0.6) is 0 Å². The van der Waals surface area contributed by atoms with Crippen molar-refractivity contribution in [3.8, 4) is 5.82 Å². The van der Waals surface area contributed by atoms with Crippen molar-refractivity contribution < 1.29 is 0 Å². The van der Waals surface area contributed by atoms with Gasteiger partial charge in [0.15, 0.2) is 5.82 Å². The van der Waals surface area contributed by atoms with Gasteiger partial charge in [0.2, 0.25) is 0 Å². The number of hydrogen-bond donors (Lipinski definition) is 0. The van der Waals surface area contributed by atoms with Gasteiger partial charge in [-0.15, -0.1) is 0 Å². The third-order valence-electron chi connectivity index (χ3n) is 2.27. The van der Waals surface area contributed by atoms with Crippen LogP contribution in [0, 0.1) is 0 Å². The molecule has 0 bridgehead atoms. The molecule has 2 aromatic rings. The third-order valence-corrected chi connectivity index (χ3v) is 2.88. The molecule has 4 heteroatoms. The van der Waals surface area contributed by atoms with Crippen LogP contribution in [0.1, 0.15) is 18.1 Å².